The average molecular weight is 239 g/mol. The SMILES string of the molecule is Cc1nnc(NC2C3CCOC3C2(C)C)s1. The Morgan fingerprint density at radius 3 is 2.94 bits per heavy atom. The van der Waals surface area contributed by atoms with E-state index in [2.05, 4.69) is 29.4 Å². The molecule has 4 nitrogen and oxygen atoms in total. The fourth-order valence-corrected chi connectivity index (χ4v) is 3.73. The molecule has 16 heavy (non-hydrogen) atoms. The first-order chi connectivity index (χ1) is 7.59. The summed E-state index contributed by atoms with van der Waals surface area (Å²) in [6.07, 6.45) is 1.60. The summed E-state index contributed by atoms with van der Waals surface area (Å²) in [5.74, 6) is 0.652. The van der Waals surface area contributed by atoms with Crippen LogP contribution in [0.5, 0.6) is 0 Å². The number of ether oxygens (including phenoxy) is 1. The van der Waals surface area contributed by atoms with Crippen molar-refractivity contribution in [1.29, 1.82) is 0 Å². The van der Waals surface area contributed by atoms with Crippen molar-refractivity contribution in [2.75, 3.05) is 11.9 Å². The van der Waals surface area contributed by atoms with Crippen molar-refractivity contribution in [3.8, 4) is 0 Å². The van der Waals surface area contributed by atoms with Gasteiger partial charge in [0.25, 0.3) is 0 Å². The highest BCUT2D eigenvalue weighted by molar-refractivity contribution is 7.15. The average Bonchev–Trinajstić information content (AvgIpc) is 2.81. The molecule has 0 aromatic carbocycles. The molecule has 2 aliphatic rings. The third-order valence-corrected chi connectivity index (χ3v) is 4.68. The summed E-state index contributed by atoms with van der Waals surface area (Å²) in [5.41, 5.74) is 0.209. The molecule has 3 rings (SSSR count). The van der Waals surface area contributed by atoms with Crippen molar-refractivity contribution in [3.63, 3.8) is 0 Å². The zero-order valence-corrected chi connectivity index (χ0v) is 10.7. The highest BCUT2D eigenvalue weighted by Gasteiger charge is 2.59. The Balaban J connectivity index is 1.75. The number of nitrogens with zero attached hydrogens (tertiary/aromatic N) is 2. The van der Waals surface area contributed by atoms with Crippen molar-refractivity contribution in [1.82, 2.24) is 10.2 Å². The number of fused-ring (bicyclic) bond motifs is 1. The van der Waals surface area contributed by atoms with Crippen LogP contribution in [-0.4, -0.2) is 29.0 Å². The summed E-state index contributed by atoms with van der Waals surface area (Å²) in [5, 5.41) is 13.7. The van der Waals surface area contributed by atoms with Crippen molar-refractivity contribution in [2.45, 2.75) is 39.3 Å². The van der Waals surface area contributed by atoms with E-state index in [0.29, 0.717) is 18.1 Å². The van der Waals surface area contributed by atoms with Crippen LogP contribution >= 0.6 is 11.3 Å². The minimum absolute atomic E-state index is 0.209. The maximum atomic E-state index is 5.77. The van der Waals surface area contributed by atoms with Gasteiger partial charge in [-0.15, -0.1) is 10.2 Å². The largest absolute Gasteiger partial charge is 0.377 e. The van der Waals surface area contributed by atoms with Gasteiger partial charge < -0.3 is 10.1 Å². The lowest BCUT2D eigenvalue weighted by molar-refractivity contribution is -0.0923. The molecule has 0 amide bonds. The molecular weight excluding hydrogens is 222 g/mol. The second-order valence-corrected chi connectivity index (χ2v) is 6.50. The van der Waals surface area contributed by atoms with Crippen LogP contribution in [0.1, 0.15) is 25.3 Å². The molecule has 1 aromatic rings. The van der Waals surface area contributed by atoms with E-state index in [9.17, 15) is 0 Å². The molecule has 2 heterocycles. The Labute approximate surface area is 99.4 Å². The van der Waals surface area contributed by atoms with Gasteiger partial charge >= 0.3 is 0 Å². The number of anilines is 1. The summed E-state index contributed by atoms with van der Waals surface area (Å²) in [6.45, 7) is 7.43. The molecule has 0 spiro atoms. The Kier molecular flexibility index (Phi) is 2.23. The Morgan fingerprint density at radius 1 is 1.44 bits per heavy atom. The van der Waals surface area contributed by atoms with Crippen LogP contribution in [0.2, 0.25) is 0 Å². The van der Waals surface area contributed by atoms with Gasteiger partial charge in [-0.1, -0.05) is 25.2 Å². The predicted octanol–water partition coefficient (Wildman–Crippen LogP) is 2.07. The van der Waals surface area contributed by atoms with Crippen molar-refractivity contribution in [2.24, 2.45) is 11.3 Å². The first-order valence-corrected chi connectivity index (χ1v) is 6.59. The molecule has 88 valence electrons. The van der Waals surface area contributed by atoms with E-state index in [1.165, 1.54) is 6.42 Å². The first kappa shape index (κ1) is 10.5. The molecule has 1 aromatic heterocycles. The second-order valence-electron chi connectivity index (χ2n) is 5.31. The molecular formula is C11H17N3OS. The Morgan fingerprint density at radius 2 is 2.25 bits per heavy atom. The van der Waals surface area contributed by atoms with E-state index < -0.39 is 0 Å². The van der Waals surface area contributed by atoms with E-state index in [-0.39, 0.29) is 5.41 Å². The minimum atomic E-state index is 0.209. The van der Waals surface area contributed by atoms with E-state index in [1.54, 1.807) is 11.3 Å². The lowest BCUT2D eigenvalue weighted by atomic mass is 9.57. The highest BCUT2D eigenvalue weighted by Crippen LogP contribution is 2.53. The van der Waals surface area contributed by atoms with Crippen molar-refractivity contribution < 1.29 is 4.74 Å². The van der Waals surface area contributed by atoms with E-state index in [1.807, 2.05) is 6.92 Å². The quantitative estimate of drug-likeness (QED) is 0.858. The van der Waals surface area contributed by atoms with Crippen LogP contribution in [0.4, 0.5) is 5.13 Å². The van der Waals surface area contributed by atoms with Crippen molar-refractivity contribution >= 4 is 16.5 Å². The molecule has 5 heteroatoms. The monoisotopic (exact) mass is 239 g/mol. The molecule has 1 aliphatic carbocycles. The molecule has 0 bridgehead atoms. The van der Waals surface area contributed by atoms with E-state index in [4.69, 9.17) is 4.74 Å². The van der Waals surface area contributed by atoms with Gasteiger partial charge in [-0.3, -0.25) is 0 Å². The standard InChI is InChI=1S/C11H17N3OS/c1-6-13-14-10(16-6)12-8-7-4-5-15-9(7)11(8,2)3/h7-9H,4-5H2,1-3H3,(H,12,14). The fraction of sp³-hybridized carbons (Fsp3) is 0.818. The fourth-order valence-electron chi connectivity index (χ4n) is 3.11. The van der Waals surface area contributed by atoms with Crippen molar-refractivity contribution in [3.05, 3.63) is 5.01 Å². The van der Waals surface area contributed by atoms with Gasteiger partial charge in [0.2, 0.25) is 5.13 Å². The van der Waals surface area contributed by atoms with Crippen LogP contribution < -0.4 is 5.32 Å². The zero-order chi connectivity index (χ0) is 11.3. The lowest BCUT2D eigenvalue weighted by Gasteiger charge is -2.54. The minimum Gasteiger partial charge on any atom is -0.377 e. The van der Waals surface area contributed by atoms with Gasteiger partial charge in [-0.2, -0.15) is 0 Å². The second kappa shape index (κ2) is 3.40. The Hall–Kier alpha value is -0.680. The summed E-state index contributed by atoms with van der Waals surface area (Å²) in [4.78, 5) is 0. The molecule has 2 fully saturated rings. The van der Waals surface area contributed by atoms with Gasteiger partial charge in [0.15, 0.2) is 0 Å². The molecule has 1 aliphatic heterocycles. The smallest absolute Gasteiger partial charge is 0.205 e. The van der Waals surface area contributed by atoms with Gasteiger partial charge in [0.1, 0.15) is 5.01 Å². The maximum Gasteiger partial charge on any atom is 0.205 e. The van der Waals surface area contributed by atoms with Crippen LogP contribution in [0, 0.1) is 18.3 Å². The number of aryl methyl sites for hydroxylation is 1. The molecule has 1 saturated heterocycles. The lowest BCUT2D eigenvalue weighted by Crippen LogP contribution is -2.63. The summed E-state index contributed by atoms with van der Waals surface area (Å²) < 4.78 is 5.77. The molecule has 3 atom stereocenters. The maximum absolute atomic E-state index is 5.77. The van der Waals surface area contributed by atoms with Crippen LogP contribution in [-0.2, 0) is 4.74 Å². The van der Waals surface area contributed by atoms with Crippen LogP contribution in [0.25, 0.3) is 0 Å². The highest BCUT2D eigenvalue weighted by atomic mass is 32.1. The summed E-state index contributed by atoms with van der Waals surface area (Å²) in [6, 6.07) is 0.479. The summed E-state index contributed by atoms with van der Waals surface area (Å²) in [7, 11) is 0. The molecule has 1 saturated carbocycles. The number of hydrogen-bond donors (Lipinski definition) is 1. The van der Waals surface area contributed by atoms with Gasteiger partial charge in [0.05, 0.1) is 6.10 Å². The molecule has 1 N–H and O–H groups in total. The number of hydrogen-bond acceptors (Lipinski definition) is 5. The zero-order valence-electron chi connectivity index (χ0n) is 9.86. The van der Waals surface area contributed by atoms with Gasteiger partial charge in [0, 0.05) is 24.0 Å². The number of rotatable bonds is 2. The summed E-state index contributed by atoms with van der Waals surface area (Å²) >= 11 is 1.63. The number of nitrogens with one attached hydrogen (secondary N) is 1. The van der Waals surface area contributed by atoms with Crippen LogP contribution in [0.3, 0.4) is 0 Å². The van der Waals surface area contributed by atoms with Gasteiger partial charge in [-0.25, -0.2) is 0 Å². The van der Waals surface area contributed by atoms with E-state index >= 15 is 0 Å². The molecule has 3 unspecified atom stereocenters. The van der Waals surface area contributed by atoms with Gasteiger partial charge in [-0.05, 0) is 13.3 Å². The molecule has 0 radical (unpaired) electrons. The predicted molar refractivity (Wildman–Crippen MR) is 63.7 cm³/mol. The van der Waals surface area contributed by atoms with Crippen LogP contribution in [0.15, 0.2) is 0 Å². The topological polar surface area (TPSA) is 47.0 Å². The number of aromatic nitrogens is 2. The third-order valence-electron chi connectivity index (χ3n) is 3.91. The third kappa shape index (κ3) is 1.38. The van der Waals surface area contributed by atoms with E-state index in [0.717, 1.165) is 16.7 Å². The normalized spacial score (nSPS) is 35.6. The first-order valence-electron chi connectivity index (χ1n) is 5.77. The Bertz CT molecular complexity index is 404.